The molecule has 30 heavy (non-hydrogen) atoms. The zero-order valence-corrected chi connectivity index (χ0v) is 16.0. The summed E-state index contributed by atoms with van der Waals surface area (Å²) in [5.41, 5.74) is 0.0389. The van der Waals surface area contributed by atoms with Crippen LogP contribution in [-0.2, 0) is 9.59 Å². The lowest BCUT2D eigenvalue weighted by molar-refractivity contribution is -0.122. The van der Waals surface area contributed by atoms with Crippen LogP contribution in [0.15, 0.2) is 48.0 Å². The smallest absolute Gasteiger partial charge is 0.335 e. The molecule has 0 saturated carbocycles. The van der Waals surface area contributed by atoms with Crippen molar-refractivity contribution in [3.63, 3.8) is 0 Å². The van der Waals surface area contributed by atoms with Crippen LogP contribution >= 0.6 is 11.6 Å². The minimum atomic E-state index is -1.16. The maximum Gasteiger partial charge on any atom is 0.335 e. The van der Waals surface area contributed by atoms with Crippen LogP contribution in [0.3, 0.4) is 0 Å². The van der Waals surface area contributed by atoms with Crippen molar-refractivity contribution in [2.24, 2.45) is 0 Å². The molecule has 0 unspecified atom stereocenters. The van der Waals surface area contributed by atoms with Gasteiger partial charge in [0, 0.05) is 10.6 Å². The highest BCUT2D eigenvalue weighted by molar-refractivity contribution is 6.39. The summed E-state index contributed by atoms with van der Waals surface area (Å²) in [6.07, 6.45) is 6.43. The number of urea groups is 1. The van der Waals surface area contributed by atoms with Gasteiger partial charge in [-0.05, 0) is 48.5 Å². The van der Waals surface area contributed by atoms with E-state index in [1.807, 2.05) is 0 Å². The summed E-state index contributed by atoms with van der Waals surface area (Å²) in [5.74, 6) is -0.350. The number of carbonyl (C=O) groups excluding carboxylic acids is 3. The van der Waals surface area contributed by atoms with Gasteiger partial charge in [-0.25, -0.2) is 14.5 Å². The fourth-order valence-electron chi connectivity index (χ4n) is 2.68. The number of carbonyl (C=O) groups is 4. The van der Waals surface area contributed by atoms with E-state index < -0.39 is 23.8 Å². The third kappa shape index (κ3) is 4.16. The number of benzene rings is 2. The number of terminal acetylenes is 1. The van der Waals surface area contributed by atoms with Gasteiger partial charge in [-0.2, -0.15) is 0 Å². The van der Waals surface area contributed by atoms with Crippen molar-refractivity contribution in [3.8, 4) is 18.1 Å². The van der Waals surface area contributed by atoms with Crippen LogP contribution in [0, 0.1) is 12.3 Å². The summed E-state index contributed by atoms with van der Waals surface area (Å²) < 4.78 is 5.40. The lowest BCUT2D eigenvalue weighted by Gasteiger charge is -2.26. The highest BCUT2D eigenvalue weighted by Gasteiger charge is 2.37. The number of anilines is 1. The molecule has 1 aliphatic rings. The molecule has 0 bridgehead atoms. The number of nitrogens with zero attached hydrogens (tertiary/aromatic N) is 1. The first-order chi connectivity index (χ1) is 14.3. The van der Waals surface area contributed by atoms with E-state index in [0.29, 0.717) is 16.3 Å². The molecule has 1 fully saturated rings. The van der Waals surface area contributed by atoms with E-state index >= 15 is 0 Å². The molecule has 4 amide bonds. The number of amides is 4. The van der Waals surface area contributed by atoms with Crippen LogP contribution in [0.1, 0.15) is 15.9 Å². The number of aromatic carboxylic acids is 1. The summed E-state index contributed by atoms with van der Waals surface area (Å²) in [6, 6.07) is 8.65. The van der Waals surface area contributed by atoms with Crippen molar-refractivity contribution in [1.29, 1.82) is 0 Å². The Balaban J connectivity index is 2.02. The number of rotatable bonds is 5. The third-order valence-corrected chi connectivity index (χ3v) is 4.29. The Hall–Kier alpha value is -4.09. The van der Waals surface area contributed by atoms with Crippen LogP contribution in [0.25, 0.3) is 6.08 Å². The number of barbiturate groups is 1. The molecule has 0 spiro atoms. The first-order valence-electron chi connectivity index (χ1n) is 8.42. The Morgan fingerprint density at radius 3 is 2.53 bits per heavy atom. The van der Waals surface area contributed by atoms with Crippen LogP contribution < -0.4 is 15.0 Å². The van der Waals surface area contributed by atoms with Crippen molar-refractivity contribution in [2.75, 3.05) is 11.5 Å². The van der Waals surface area contributed by atoms with Gasteiger partial charge >= 0.3 is 12.0 Å². The minimum Gasteiger partial charge on any atom is -0.480 e. The second-order valence-electron chi connectivity index (χ2n) is 5.98. The molecule has 9 heteroatoms. The van der Waals surface area contributed by atoms with Crippen LogP contribution in [0.2, 0.25) is 5.02 Å². The first kappa shape index (κ1) is 20.6. The van der Waals surface area contributed by atoms with Gasteiger partial charge in [0.1, 0.15) is 17.9 Å². The quantitative estimate of drug-likeness (QED) is 0.433. The molecule has 0 atom stereocenters. The standard InChI is InChI=1S/C21H13ClN2O6/c1-2-9-30-17-8-5-14(22)10-13(17)11-16-18(25)23-21(29)24(19(16)26)15-6-3-12(4-7-15)20(27)28/h1,3-8,10-11H,9H2,(H,27,28)(H,23,25,29)/b16-11-. The van der Waals surface area contributed by atoms with E-state index in [-0.39, 0.29) is 23.4 Å². The number of hydrogen-bond acceptors (Lipinski definition) is 5. The maximum atomic E-state index is 12.9. The Labute approximate surface area is 175 Å². The Bertz CT molecular complexity index is 1130. The molecule has 1 heterocycles. The fraction of sp³-hybridized carbons (Fsp3) is 0.0476. The summed E-state index contributed by atoms with van der Waals surface area (Å²) in [7, 11) is 0. The number of imide groups is 2. The van der Waals surface area contributed by atoms with Gasteiger partial charge in [0.25, 0.3) is 11.8 Å². The predicted molar refractivity (Wildman–Crippen MR) is 108 cm³/mol. The monoisotopic (exact) mass is 424 g/mol. The molecule has 0 aromatic heterocycles. The molecule has 2 N–H and O–H groups in total. The van der Waals surface area contributed by atoms with Crippen molar-refractivity contribution in [2.45, 2.75) is 0 Å². The molecule has 8 nitrogen and oxygen atoms in total. The predicted octanol–water partition coefficient (Wildman–Crippen LogP) is 2.72. The van der Waals surface area contributed by atoms with E-state index in [4.69, 9.17) is 27.9 Å². The molecule has 1 aliphatic heterocycles. The van der Waals surface area contributed by atoms with Crippen molar-refractivity contribution < 1.29 is 29.0 Å². The average Bonchev–Trinajstić information content (AvgIpc) is 2.70. The number of halogens is 1. The average molecular weight is 425 g/mol. The molecular weight excluding hydrogens is 412 g/mol. The largest absolute Gasteiger partial charge is 0.480 e. The zero-order chi connectivity index (χ0) is 21.8. The zero-order valence-electron chi connectivity index (χ0n) is 15.2. The first-order valence-corrected chi connectivity index (χ1v) is 8.80. The maximum absolute atomic E-state index is 12.9. The molecule has 150 valence electrons. The molecule has 3 rings (SSSR count). The topological polar surface area (TPSA) is 113 Å². The molecule has 0 aliphatic carbocycles. The van der Waals surface area contributed by atoms with Gasteiger partial charge in [0.2, 0.25) is 0 Å². The highest BCUT2D eigenvalue weighted by Crippen LogP contribution is 2.28. The lowest BCUT2D eigenvalue weighted by Crippen LogP contribution is -2.54. The van der Waals surface area contributed by atoms with Crippen molar-refractivity contribution in [1.82, 2.24) is 5.32 Å². The van der Waals surface area contributed by atoms with Gasteiger partial charge in [0.05, 0.1) is 11.3 Å². The Kier molecular flexibility index (Phi) is 5.85. The molecular formula is C21H13ClN2O6. The molecule has 2 aromatic carbocycles. The Morgan fingerprint density at radius 1 is 1.20 bits per heavy atom. The summed E-state index contributed by atoms with van der Waals surface area (Å²) in [5, 5.41) is 11.4. The summed E-state index contributed by atoms with van der Waals surface area (Å²) in [4.78, 5) is 49.2. The third-order valence-electron chi connectivity index (χ3n) is 4.06. The molecule has 0 radical (unpaired) electrons. The lowest BCUT2D eigenvalue weighted by atomic mass is 10.1. The van der Waals surface area contributed by atoms with E-state index in [9.17, 15) is 19.2 Å². The number of ether oxygens (including phenoxy) is 1. The van der Waals surface area contributed by atoms with E-state index in [2.05, 4.69) is 11.2 Å². The van der Waals surface area contributed by atoms with E-state index in [1.54, 1.807) is 6.07 Å². The number of carboxylic acids is 1. The minimum absolute atomic E-state index is 0.0234. The molecule has 2 aromatic rings. The SMILES string of the molecule is C#CCOc1ccc(Cl)cc1/C=C1/C(=O)NC(=O)N(c2ccc(C(=O)O)cc2)C1=O. The Morgan fingerprint density at radius 2 is 1.90 bits per heavy atom. The van der Waals surface area contributed by atoms with Gasteiger partial charge in [-0.1, -0.05) is 17.5 Å². The number of nitrogens with one attached hydrogen (secondary N) is 1. The summed E-state index contributed by atoms with van der Waals surface area (Å²) >= 11 is 6.01. The van der Waals surface area contributed by atoms with Crippen molar-refractivity contribution >= 4 is 47.2 Å². The van der Waals surface area contributed by atoms with Crippen LogP contribution in [0.4, 0.5) is 10.5 Å². The van der Waals surface area contributed by atoms with Crippen molar-refractivity contribution in [3.05, 3.63) is 64.2 Å². The normalized spacial score (nSPS) is 15.0. The second kappa shape index (κ2) is 8.51. The van der Waals surface area contributed by atoms with Gasteiger partial charge in [-0.15, -0.1) is 6.42 Å². The van der Waals surface area contributed by atoms with Gasteiger partial charge < -0.3 is 9.84 Å². The summed E-state index contributed by atoms with van der Waals surface area (Å²) in [6.45, 7) is -0.0432. The fourth-order valence-corrected chi connectivity index (χ4v) is 2.86. The van der Waals surface area contributed by atoms with Gasteiger partial charge in [-0.3, -0.25) is 14.9 Å². The highest BCUT2D eigenvalue weighted by atomic mass is 35.5. The van der Waals surface area contributed by atoms with E-state index in [1.165, 1.54) is 42.5 Å². The second-order valence-corrected chi connectivity index (χ2v) is 6.42. The van der Waals surface area contributed by atoms with Gasteiger partial charge in [0.15, 0.2) is 0 Å². The number of hydrogen-bond donors (Lipinski definition) is 2. The molecule has 1 saturated heterocycles. The van der Waals surface area contributed by atoms with E-state index in [0.717, 1.165) is 4.90 Å². The van der Waals surface area contributed by atoms with Crippen LogP contribution in [0.5, 0.6) is 5.75 Å². The number of carboxylic acid groups (broad SMARTS) is 1. The van der Waals surface area contributed by atoms with Crippen LogP contribution in [-0.4, -0.2) is 35.5 Å².